The summed E-state index contributed by atoms with van der Waals surface area (Å²) >= 11 is 6.18. The van der Waals surface area contributed by atoms with Crippen molar-refractivity contribution in [2.45, 2.75) is 13.5 Å². The van der Waals surface area contributed by atoms with E-state index in [0.29, 0.717) is 27.7 Å². The molecule has 0 unspecified atom stereocenters. The summed E-state index contributed by atoms with van der Waals surface area (Å²) in [5.41, 5.74) is 2.33. The third-order valence-corrected chi connectivity index (χ3v) is 5.84. The fraction of sp³-hybridized carbons (Fsp3) is 0.200. The Morgan fingerprint density at radius 1 is 1.17 bits per heavy atom. The van der Waals surface area contributed by atoms with Crippen LogP contribution in [0.1, 0.15) is 21.6 Å². The molecule has 1 heterocycles. The lowest BCUT2D eigenvalue weighted by Gasteiger charge is -2.23. The second-order valence-electron chi connectivity index (χ2n) is 6.66. The number of carbonyl (C=O) groups is 1. The zero-order valence-electron chi connectivity index (χ0n) is 16.3. The minimum absolute atomic E-state index is 0.0956. The number of amides is 1. The summed E-state index contributed by atoms with van der Waals surface area (Å²) in [4.78, 5) is 12.5. The zero-order valence-corrected chi connectivity index (χ0v) is 17.8. The maximum absolute atomic E-state index is 12.5. The van der Waals surface area contributed by atoms with Crippen molar-refractivity contribution in [1.29, 1.82) is 0 Å². The molecule has 0 spiro atoms. The highest BCUT2D eigenvalue weighted by molar-refractivity contribution is 7.92. The number of nitrogens with one attached hydrogen (secondary N) is 1. The first-order valence-electron chi connectivity index (χ1n) is 8.78. The third-order valence-electron chi connectivity index (χ3n) is 4.33. The molecule has 0 fully saturated rings. The molecule has 2 aromatic carbocycles. The van der Waals surface area contributed by atoms with Gasteiger partial charge in [0.25, 0.3) is 5.91 Å². The van der Waals surface area contributed by atoms with E-state index in [4.69, 9.17) is 11.6 Å². The Morgan fingerprint density at radius 2 is 1.83 bits per heavy atom. The number of rotatable bonds is 6. The summed E-state index contributed by atoms with van der Waals surface area (Å²) in [5, 5.41) is 7.46. The molecule has 0 aliphatic carbocycles. The van der Waals surface area contributed by atoms with Crippen LogP contribution in [0, 0.1) is 6.92 Å². The first-order chi connectivity index (χ1) is 13.6. The standard InChI is InChI=1S/C20H21ClN4O3S/c1-14-12-19(24(2)23-14)22-20(26)15-8-10-17(11-9-15)25(29(3,27)28)13-16-6-4-5-7-18(16)21/h4-12H,13H2,1-3H3,(H,22,26). The van der Waals surface area contributed by atoms with Crippen LogP contribution in [0.4, 0.5) is 11.5 Å². The maximum atomic E-state index is 12.5. The summed E-state index contributed by atoms with van der Waals surface area (Å²) < 4.78 is 27.5. The number of nitrogens with zero attached hydrogens (tertiary/aromatic N) is 3. The van der Waals surface area contributed by atoms with Crippen LogP contribution in [-0.4, -0.2) is 30.4 Å². The van der Waals surface area contributed by atoms with E-state index in [1.807, 2.05) is 6.92 Å². The fourth-order valence-electron chi connectivity index (χ4n) is 2.88. The van der Waals surface area contributed by atoms with Crippen LogP contribution < -0.4 is 9.62 Å². The lowest BCUT2D eigenvalue weighted by Crippen LogP contribution is -2.29. The number of halogens is 1. The first kappa shape index (κ1) is 20.9. The highest BCUT2D eigenvalue weighted by Crippen LogP contribution is 2.24. The average molecular weight is 433 g/mol. The number of anilines is 2. The van der Waals surface area contributed by atoms with Gasteiger partial charge in [-0.05, 0) is 42.8 Å². The van der Waals surface area contributed by atoms with Crippen molar-refractivity contribution in [2.75, 3.05) is 15.9 Å². The van der Waals surface area contributed by atoms with Crippen molar-refractivity contribution in [1.82, 2.24) is 9.78 Å². The number of hydrogen-bond donors (Lipinski definition) is 1. The molecule has 152 valence electrons. The predicted molar refractivity (Wildman–Crippen MR) is 115 cm³/mol. The Labute approximate surface area is 175 Å². The number of hydrogen-bond acceptors (Lipinski definition) is 4. The molecule has 1 N–H and O–H groups in total. The van der Waals surface area contributed by atoms with E-state index in [-0.39, 0.29) is 12.5 Å². The van der Waals surface area contributed by atoms with E-state index in [9.17, 15) is 13.2 Å². The molecule has 0 saturated heterocycles. The molecule has 0 atom stereocenters. The van der Waals surface area contributed by atoms with E-state index in [1.165, 1.54) is 4.31 Å². The van der Waals surface area contributed by atoms with Gasteiger partial charge in [-0.15, -0.1) is 0 Å². The van der Waals surface area contributed by atoms with Crippen LogP contribution in [-0.2, 0) is 23.6 Å². The van der Waals surface area contributed by atoms with Crippen LogP contribution in [0.5, 0.6) is 0 Å². The Kier molecular flexibility index (Phi) is 5.95. The highest BCUT2D eigenvalue weighted by Gasteiger charge is 2.19. The smallest absolute Gasteiger partial charge is 0.256 e. The molecule has 29 heavy (non-hydrogen) atoms. The van der Waals surface area contributed by atoms with Crippen molar-refractivity contribution in [3.05, 3.63) is 76.4 Å². The summed E-state index contributed by atoms with van der Waals surface area (Å²) in [6, 6.07) is 15.2. The minimum atomic E-state index is -3.55. The van der Waals surface area contributed by atoms with Crippen LogP contribution in [0.15, 0.2) is 54.6 Å². The number of sulfonamides is 1. The molecule has 0 aliphatic heterocycles. The normalized spacial score (nSPS) is 11.3. The molecule has 0 aliphatic rings. The molecule has 9 heteroatoms. The fourth-order valence-corrected chi connectivity index (χ4v) is 3.95. The largest absolute Gasteiger partial charge is 0.307 e. The molecule has 1 amide bonds. The quantitative estimate of drug-likeness (QED) is 0.645. The SMILES string of the molecule is Cc1cc(NC(=O)c2ccc(N(Cc3ccccc3Cl)S(C)(=O)=O)cc2)n(C)n1. The summed E-state index contributed by atoms with van der Waals surface area (Å²) in [5.74, 6) is 0.268. The van der Waals surface area contributed by atoms with Gasteiger partial charge in [-0.2, -0.15) is 5.10 Å². The van der Waals surface area contributed by atoms with Gasteiger partial charge in [-0.25, -0.2) is 8.42 Å². The monoisotopic (exact) mass is 432 g/mol. The minimum Gasteiger partial charge on any atom is -0.307 e. The van der Waals surface area contributed by atoms with Gasteiger partial charge in [-0.1, -0.05) is 29.8 Å². The number of carbonyl (C=O) groups excluding carboxylic acids is 1. The predicted octanol–water partition coefficient (Wildman–Crippen LogP) is 3.60. The molecule has 7 nitrogen and oxygen atoms in total. The molecule has 0 bridgehead atoms. The number of aromatic nitrogens is 2. The van der Waals surface area contributed by atoms with Crippen molar-refractivity contribution >= 4 is 39.0 Å². The summed E-state index contributed by atoms with van der Waals surface area (Å²) in [6.07, 6.45) is 1.13. The highest BCUT2D eigenvalue weighted by atomic mass is 35.5. The van der Waals surface area contributed by atoms with Crippen molar-refractivity contribution in [3.63, 3.8) is 0 Å². The third kappa shape index (κ3) is 4.96. The molecular formula is C20H21ClN4O3S. The molecule has 3 aromatic rings. The van der Waals surface area contributed by atoms with E-state index < -0.39 is 10.0 Å². The lowest BCUT2D eigenvalue weighted by molar-refractivity contribution is 0.102. The van der Waals surface area contributed by atoms with Crippen LogP contribution in [0.2, 0.25) is 5.02 Å². The second-order valence-corrected chi connectivity index (χ2v) is 8.97. The van der Waals surface area contributed by atoms with Gasteiger partial charge in [0.2, 0.25) is 10.0 Å². The molecule has 0 saturated carbocycles. The van der Waals surface area contributed by atoms with Crippen LogP contribution in [0.3, 0.4) is 0 Å². The van der Waals surface area contributed by atoms with Gasteiger partial charge in [-0.3, -0.25) is 13.8 Å². The van der Waals surface area contributed by atoms with Gasteiger partial charge in [0.15, 0.2) is 0 Å². The molecule has 0 radical (unpaired) electrons. The topological polar surface area (TPSA) is 84.3 Å². The van der Waals surface area contributed by atoms with Crippen molar-refractivity contribution in [3.8, 4) is 0 Å². The molecule has 1 aromatic heterocycles. The average Bonchev–Trinajstić information content (AvgIpc) is 2.97. The van der Waals surface area contributed by atoms with E-state index in [1.54, 1.807) is 66.3 Å². The Hall–Kier alpha value is -2.84. The number of benzene rings is 2. The number of aryl methyl sites for hydroxylation is 2. The summed E-state index contributed by atoms with van der Waals surface area (Å²) in [6.45, 7) is 1.93. The molecular weight excluding hydrogens is 412 g/mol. The van der Waals surface area contributed by atoms with Gasteiger partial charge in [0.05, 0.1) is 24.2 Å². The lowest BCUT2D eigenvalue weighted by atomic mass is 10.1. The van der Waals surface area contributed by atoms with E-state index in [2.05, 4.69) is 10.4 Å². The van der Waals surface area contributed by atoms with Crippen molar-refractivity contribution in [2.24, 2.45) is 7.05 Å². The van der Waals surface area contributed by atoms with Crippen LogP contribution >= 0.6 is 11.6 Å². The first-order valence-corrected chi connectivity index (χ1v) is 11.0. The maximum Gasteiger partial charge on any atom is 0.256 e. The van der Waals surface area contributed by atoms with Crippen LogP contribution in [0.25, 0.3) is 0 Å². The second kappa shape index (κ2) is 8.26. The molecule has 3 rings (SSSR count). The Bertz CT molecular complexity index is 1140. The van der Waals surface area contributed by atoms with Gasteiger partial charge >= 0.3 is 0 Å². The summed E-state index contributed by atoms with van der Waals surface area (Å²) in [7, 11) is -1.81. The Morgan fingerprint density at radius 3 is 2.38 bits per heavy atom. The zero-order chi connectivity index (χ0) is 21.2. The van der Waals surface area contributed by atoms with Crippen molar-refractivity contribution < 1.29 is 13.2 Å². The van der Waals surface area contributed by atoms with Gasteiger partial charge in [0.1, 0.15) is 5.82 Å². The van der Waals surface area contributed by atoms with Gasteiger partial charge in [0, 0.05) is 23.7 Å². The van der Waals surface area contributed by atoms with Gasteiger partial charge < -0.3 is 5.32 Å². The Balaban J connectivity index is 1.83. The van der Waals surface area contributed by atoms with E-state index in [0.717, 1.165) is 11.9 Å². The van der Waals surface area contributed by atoms with E-state index >= 15 is 0 Å².